The number of hydrogen-bond donors (Lipinski definition) is 0. The summed E-state index contributed by atoms with van der Waals surface area (Å²) >= 11 is 0. The molecule has 0 fully saturated rings. The van der Waals surface area contributed by atoms with Crippen molar-refractivity contribution in [2.75, 3.05) is 0 Å². The zero-order valence-corrected chi connectivity index (χ0v) is 25.3. The van der Waals surface area contributed by atoms with Gasteiger partial charge in [0.15, 0.2) is 11.5 Å². The average Bonchev–Trinajstić information content (AvgIpc) is 3.49. The number of hydrogen-bond acceptors (Lipinski definition) is 4. The van der Waals surface area contributed by atoms with Gasteiger partial charge in [0.1, 0.15) is 0 Å². The maximum absolute atomic E-state index is 5.03. The first-order chi connectivity index (χ1) is 23.3. The van der Waals surface area contributed by atoms with Gasteiger partial charge in [0, 0.05) is 50.9 Å². The highest BCUT2D eigenvalue weighted by Crippen LogP contribution is 2.34. The van der Waals surface area contributed by atoms with Crippen molar-refractivity contribution in [1.82, 2.24) is 24.5 Å². The molecular formula is C42H27N5. The number of nitrogens with zero attached hydrogens (tertiary/aromatic N) is 5. The molecule has 0 radical (unpaired) electrons. The van der Waals surface area contributed by atoms with E-state index in [9.17, 15) is 0 Å². The molecule has 5 heteroatoms. The minimum Gasteiger partial charge on any atom is -0.309 e. The lowest BCUT2D eigenvalue weighted by atomic mass is 10.0. The van der Waals surface area contributed by atoms with Gasteiger partial charge in [0.05, 0.1) is 22.4 Å². The molecule has 47 heavy (non-hydrogen) atoms. The quantitative estimate of drug-likeness (QED) is 0.197. The molecule has 0 N–H and O–H groups in total. The molecule has 5 nitrogen and oxygen atoms in total. The van der Waals surface area contributed by atoms with E-state index in [4.69, 9.17) is 9.97 Å². The van der Waals surface area contributed by atoms with Gasteiger partial charge < -0.3 is 4.57 Å². The number of aromatic nitrogens is 5. The summed E-state index contributed by atoms with van der Waals surface area (Å²) in [5.74, 6) is 0.677. The molecule has 9 aromatic rings. The number of fused-ring (bicyclic) bond motifs is 4. The van der Waals surface area contributed by atoms with E-state index in [2.05, 4.69) is 118 Å². The third-order valence-electron chi connectivity index (χ3n) is 8.77. The molecule has 0 amide bonds. The topological polar surface area (TPSA) is 56.5 Å². The zero-order chi connectivity index (χ0) is 31.2. The first kappa shape index (κ1) is 26.9. The number of benzene rings is 5. The van der Waals surface area contributed by atoms with Crippen LogP contribution in [0.25, 0.3) is 83.6 Å². The fourth-order valence-electron chi connectivity index (χ4n) is 6.49. The Labute approximate surface area is 271 Å². The summed E-state index contributed by atoms with van der Waals surface area (Å²) in [7, 11) is 0. The van der Waals surface area contributed by atoms with Crippen LogP contribution in [-0.2, 0) is 0 Å². The lowest BCUT2D eigenvalue weighted by molar-refractivity contribution is 1.18. The molecular weight excluding hydrogens is 574 g/mol. The molecule has 0 bridgehead atoms. The minimum atomic E-state index is 0.677. The van der Waals surface area contributed by atoms with Crippen LogP contribution in [0.5, 0.6) is 0 Å². The van der Waals surface area contributed by atoms with E-state index in [0.717, 1.165) is 50.3 Å². The van der Waals surface area contributed by atoms with Crippen molar-refractivity contribution in [3.8, 4) is 50.7 Å². The molecule has 0 spiro atoms. The van der Waals surface area contributed by atoms with E-state index in [0.29, 0.717) is 11.5 Å². The fourth-order valence-corrected chi connectivity index (χ4v) is 6.49. The van der Waals surface area contributed by atoms with Gasteiger partial charge in [-0.3, -0.25) is 0 Å². The Morgan fingerprint density at radius 2 is 0.979 bits per heavy atom. The van der Waals surface area contributed by atoms with Crippen LogP contribution in [0.2, 0.25) is 0 Å². The van der Waals surface area contributed by atoms with Gasteiger partial charge in [-0.2, -0.15) is 0 Å². The number of pyridine rings is 2. The molecule has 0 aliphatic carbocycles. The fraction of sp³-hybridized carbons (Fsp3) is 0. The van der Waals surface area contributed by atoms with E-state index in [-0.39, 0.29) is 0 Å². The van der Waals surface area contributed by atoms with Gasteiger partial charge in [-0.05, 0) is 59.7 Å². The molecule has 0 aliphatic heterocycles. The Bertz CT molecular complexity index is 2490. The van der Waals surface area contributed by atoms with E-state index in [1.54, 1.807) is 12.4 Å². The smallest absolute Gasteiger partial charge is 0.160 e. The molecule has 5 aromatic carbocycles. The zero-order valence-electron chi connectivity index (χ0n) is 25.3. The van der Waals surface area contributed by atoms with E-state index >= 15 is 0 Å². The van der Waals surface area contributed by atoms with Gasteiger partial charge in [0.2, 0.25) is 0 Å². The van der Waals surface area contributed by atoms with Crippen LogP contribution < -0.4 is 0 Å². The van der Waals surface area contributed by atoms with Crippen LogP contribution in [0.4, 0.5) is 0 Å². The minimum absolute atomic E-state index is 0.677. The summed E-state index contributed by atoms with van der Waals surface area (Å²) in [6.07, 6.45) is 3.55. The summed E-state index contributed by atoms with van der Waals surface area (Å²) in [6, 6.07) is 52.8. The van der Waals surface area contributed by atoms with Crippen molar-refractivity contribution in [2.45, 2.75) is 0 Å². The Morgan fingerprint density at radius 3 is 1.70 bits per heavy atom. The molecule has 0 atom stereocenters. The normalized spacial score (nSPS) is 11.4. The summed E-state index contributed by atoms with van der Waals surface area (Å²) in [6.45, 7) is 0. The van der Waals surface area contributed by atoms with Crippen LogP contribution in [0, 0.1) is 0 Å². The lowest BCUT2D eigenvalue weighted by Crippen LogP contribution is -1.97. The summed E-state index contributed by atoms with van der Waals surface area (Å²) in [5, 5.41) is 3.48. The van der Waals surface area contributed by atoms with E-state index in [1.165, 1.54) is 21.8 Å². The molecule has 9 rings (SSSR count). The van der Waals surface area contributed by atoms with Crippen molar-refractivity contribution < 1.29 is 0 Å². The SMILES string of the molecule is c1ccc(-c2nc(-c3ccc(-c4ccc(-n5c6ccccc6c6ccccc65)cc4)cc3)cc(-c3ccnc4ncccc34)n2)cc1. The van der Waals surface area contributed by atoms with E-state index in [1.807, 2.05) is 48.5 Å². The third-order valence-corrected chi connectivity index (χ3v) is 8.77. The van der Waals surface area contributed by atoms with Gasteiger partial charge in [-0.15, -0.1) is 0 Å². The average molecular weight is 602 g/mol. The Morgan fingerprint density at radius 1 is 0.404 bits per heavy atom. The standard InChI is InChI=1S/C42H27N5/c1-2-9-31(10-3-1)41-45-37(27-38(46-41)33-24-26-44-42-36(33)13-8-25-43-42)30-18-16-28(17-19-30)29-20-22-32(23-21-29)47-39-14-6-4-11-34(39)35-12-5-7-15-40(35)47/h1-27H. The second kappa shape index (κ2) is 11.2. The Balaban J connectivity index is 1.09. The Hall–Kier alpha value is -6.46. The first-order valence-electron chi connectivity index (χ1n) is 15.6. The van der Waals surface area contributed by atoms with Crippen LogP contribution in [-0.4, -0.2) is 24.5 Å². The van der Waals surface area contributed by atoms with Crippen molar-refractivity contribution in [3.63, 3.8) is 0 Å². The Kier molecular flexibility index (Phi) is 6.39. The van der Waals surface area contributed by atoms with Crippen LogP contribution in [0.3, 0.4) is 0 Å². The van der Waals surface area contributed by atoms with Crippen molar-refractivity contribution in [2.24, 2.45) is 0 Å². The van der Waals surface area contributed by atoms with Crippen molar-refractivity contribution in [3.05, 3.63) is 164 Å². The van der Waals surface area contributed by atoms with Crippen LogP contribution >= 0.6 is 0 Å². The molecule has 0 aliphatic rings. The monoisotopic (exact) mass is 601 g/mol. The van der Waals surface area contributed by atoms with Crippen LogP contribution in [0.1, 0.15) is 0 Å². The van der Waals surface area contributed by atoms with Gasteiger partial charge in [-0.1, -0.05) is 103 Å². The summed E-state index contributed by atoms with van der Waals surface area (Å²) in [5.41, 5.74) is 11.2. The maximum Gasteiger partial charge on any atom is 0.160 e. The van der Waals surface area contributed by atoms with Crippen molar-refractivity contribution >= 4 is 32.8 Å². The highest BCUT2D eigenvalue weighted by Gasteiger charge is 2.14. The molecule has 0 saturated carbocycles. The summed E-state index contributed by atoms with van der Waals surface area (Å²) in [4.78, 5) is 19.0. The number of rotatable bonds is 5. The molecule has 4 aromatic heterocycles. The first-order valence-corrected chi connectivity index (χ1v) is 15.6. The van der Waals surface area contributed by atoms with E-state index < -0.39 is 0 Å². The molecule has 4 heterocycles. The van der Waals surface area contributed by atoms with Crippen molar-refractivity contribution in [1.29, 1.82) is 0 Å². The number of para-hydroxylation sites is 2. The van der Waals surface area contributed by atoms with Crippen LogP contribution in [0.15, 0.2) is 164 Å². The second-order valence-corrected chi connectivity index (χ2v) is 11.6. The third kappa shape index (κ3) is 4.73. The second-order valence-electron chi connectivity index (χ2n) is 11.6. The predicted molar refractivity (Wildman–Crippen MR) is 191 cm³/mol. The lowest BCUT2D eigenvalue weighted by Gasteiger charge is -2.12. The largest absolute Gasteiger partial charge is 0.309 e. The summed E-state index contributed by atoms with van der Waals surface area (Å²) < 4.78 is 2.34. The maximum atomic E-state index is 5.03. The molecule has 220 valence electrons. The molecule has 0 unspecified atom stereocenters. The van der Waals surface area contributed by atoms with Gasteiger partial charge in [0.25, 0.3) is 0 Å². The van der Waals surface area contributed by atoms with Gasteiger partial charge >= 0.3 is 0 Å². The van der Waals surface area contributed by atoms with Gasteiger partial charge in [-0.25, -0.2) is 19.9 Å². The highest BCUT2D eigenvalue weighted by atomic mass is 15.0. The molecule has 0 saturated heterocycles. The highest BCUT2D eigenvalue weighted by molar-refractivity contribution is 6.09. The predicted octanol–water partition coefficient (Wildman–Crippen LogP) is 10.2.